The predicted octanol–water partition coefficient (Wildman–Crippen LogP) is 6.01. The van der Waals surface area contributed by atoms with E-state index in [1.54, 1.807) is 0 Å². The first-order chi connectivity index (χ1) is 7.69. The molecule has 0 nitrogen and oxygen atoms in total. The van der Waals surface area contributed by atoms with Crippen molar-refractivity contribution in [3.05, 3.63) is 33.3 Å². The van der Waals surface area contributed by atoms with E-state index in [1.165, 1.54) is 31.2 Å². The maximum atomic E-state index is 6.21. The molecule has 0 spiro atoms. The summed E-state index contributed by atoms with van der Waals surface area (Å²) in [4.78, 5) is 0. The topological polar surface area (TPSA) is 0 Å². The lowest BCUT2D eigenvalue weighted by Crippen LogP contribution is -1.90. The van der Waals surface area contributed by atoms with Gasteiger partial charge in [-0.05, 0) is 36.1 Å². The highest BCUT2D eigenvalue weighted by Crippen LogP contribution is 2.28. The monoisotopic (exact) mass is 322 g/mol. The summed E-state index contributed by atoms with van der Waals surface area (Å²) in [5.74, 6) is 0. The van der Waals surface area contributed by atoms with Crippen molar-refractivity contribution in [3.63, 3.8) is 0 Å². The Hall–Kier alpha value is 0.280. The molecule has 0 radical (unpaired) electrons. The van der Waals surface area contributed by atoms with Crippen LogP contribution in [0.2, 0.25) is 10.0 Å². The lowest BCUT2D eigenvalue weighted by Gasteiger charge is -2.08. The fraction of sp³-hybridized carbons (Fsp3) is 0.538. The predicted molar refractivity (Wildman–Crippen MR) is 76.9 cm³/mol. The van der Waals surface area contributed by atoms with Crippen molar-refractivity contribution in [1.29, 1.82) is 0 Å². The molecule has 1 rings (SSSR count). The SMILES string of the molecule is CCCCCCc1cc(Cl)c(CBr)cc1Cl. The number of alkyl halides is 1. The van der Waals surface area contributed by atoms with Gasteiger partial charge in [-0.2, -0.15) is 0 Å². The smallest absolute Gasteiger partial charge is 0.0450 e. The van der Waals surface area contributed by atoms with Crippen molar-refractivity contribution in [3.8, 4) is 0 Å². The first-order valence-corrected chi connectivity index (χ1v) is 7.59. The van der Waals surface area contributed by atoms with E-state index >= 15 is 0 Å². The molecule has 0 aliphatic carbocycles. The van der Waals surface area contributed by atoms with Crippen LogP contribution in [0.15, 0.2) is 12.1 Å². The van der Waals surface area contributed by atoms with Gasteiger partial charge < -0.3 is 0 Å². The van der Waals surface area contributed by atoms with Crippen LogP contribution >= 0.6 is 39.1 Å². The Morgan fingerprint density at radius 1 is 1.00 bits per heavy atom. The number of rotatable bonds is 6. The van der Waals surface area contributed by atoms with E-state index in [2.05, 4.69) is 22.9 Å². The van der Waals surface area contributed by atoms with Crippen molar-refractivity contribution in [2.24, 2.45) is 0 Å². The van der Waals surface area contributed by atoms with E-state index in [9.17, 15) is 0 Å². The Morgan fingerprint density at radius 2 is 1.62 bits per heavy atom. The van der Waals surface area contributed by atoms with Crippen LogP contribution in [0.25, 0.3) is 0 Å². The Balaban J connectivity index is 2.63. The zero-order valence-electron chi connectivity index (χ0n) is 9.53. The molecule has 0 heterocycles. The molecule has 3 heteroatoms. The minimum absolute atomic E-state index is 0.752. The fourth-order valence-corrected chi connectivity index (χ4v) is 2.82. The summed E-state index contributed by atoms with van der Waals surface area (Å²) in [6.07, 6.45) is 6.05. The third kappa shape index (κ3) is 4.27. The zero-order valence-corrected chi connectivity index (χ0v) is 12.6. The Kier molecular flexibility index (Phi) is 6.79. The minimum Gasteiger partial charge on any atom is -0.0876 e. The first-order valence-electron chi connectivity index (χ1n) is 5.71. The van der Waals surface area contributed by atoms with Crippen LogP contribution in [0.4, 0.5) is 0 Å². The van der Waals surface area contributed by atoms with Gasteiger partial charge in [-0.3, -0.25) is 0 Å². The van der Waals surface area contributed by atoms with Crippen LogP contribution in [-0.4, -0.2) is 0 Å². The summed E-state index contributed by atoms with van der Waals surface area (Å²) in [6, 6.07) is 3.97. The van der Waals surface area contributed by atoms with E-state index in [-0.39, 0.29) is 0 Å². The van der Waals surface area contributed by atoms with Gasteiger partial charge in [-0.25, -0.2) is 0 Å². The Labute approximate surface area is 116 Å². The maximum absolute atomic E-state index is 6.21. The number of unbranched alkanes of at least 4 members (excludes halogenated alkanes) is 3. The molecule has 0 bridgehead atoms. The van der Waals surface area contributed by atoms with Gasteiger partial charge in [0.05, 0.1) is 0 Å². The molecule has 0 fully saturated rings. The van der Waals surface area contributed by atoms with Gasteiger partial charge in [-0.1, -0.05) is 65.3 Å². The van der Waals surface area contributed by atoms with E-state index < -0.39 is 0 Å². The molecule has 0 N–H and O–H groups in total. The number of aryl methyl sites for hydroxylation is 1. The average molecular weight is 324 g/mol. The lowest BCUT2D eigenvalue weighted by atomic mass is 10.0. The number of hydrogen-bond donors (Lipinski definition) is 0. The highest BCUT2D eigenvalue weighted by atomic mass is 79.9. The number of hydrogen-bond acceptors (Lipinski definition) is 0. The van der Waals surface area contributed by atoms with Crippen molar-refractivity contribution >= 4 is 39.1 Å². The van der Waals surface area contributed by atoms with Crippen LogP contribution in [-0.2, 0) is 11.8 Å². The standard InChI is InChI=1S/C13H17BrCl2/c1-2-3-4-5-6-10-7-13(16)11(9-14)8-12(10)15/h7-8H,2-6,9H2,1H3. The highest BCUT2D eigenvalue weighted by Gasteiger charge is 2.06. The molecule has 0 amide bonds. The number of benzene rings is 1. The van der Waals surface area contributed by atoms with Gasteiger partial charge in [0.25, 0.3) is 0 Å². The Bertz CT molecular complexity index is 337. The molecule has 16 heavy (non-hydrogen) atoms. The van der Waals surface area contributed by atoms with E-state index in [1.807, 2.05) is 12.1 Å². The second-order valence-corrected chi connectivity index (χ2v) is 5.35. The van der Waals surface area contributed by atoms with Gasteiger partial charge in [0, 0.05) is 15.4 Å². The second-order valence-electron chi connectivity index (χ2n) is 3.98. The second kappa shape index (κ2) is 7.58. The largest absolute Gasteiger partial charge is 0.0876 e. The summed E-state index contributed by atoms with van der Waals surface area (Å²) in [7, 11) is 0. The molecular formula is C13H17BrCl2. The van der Waals surface area contributed by atoms with Crippen LogP contribution in [0.5, 0.6) is 0 Å². The molecule has 0 saturated carbocycles. The summed E-state index contributed by atoms with van der Waals surface area (Å²) < 4.78 is 0. The zero-order chi connectivity index (χ0) is 12.0. The molecule has 90 valence electrons. The summed E-state index contributed by atoms with van der Waals surface area (Å²) in [5, 5.41) is 2.41. The molecule has 0 atom stereocenters. The molecule has 0 saturated heterocycles. The third-order valence-electron chi connectivity index (χ3n) is 2.66. The lowest BCUT2D eigenvalue weighted by molar-refractivity contribution is 0.667. The molecular weight excluding hydrogens is 307 g/mol. The van der Waals surface area contributed by atoms with Crippen molar-refractivity contribution in [2.75, 3.05) is 0 Å². The van der Waals surface area contributed by atoms with Crippen LogP contribution in [0.1, 0.15) is 43.7 Å². The molecule has 0 aliphatic heterocycles. The van der Waals surface area contributed by atoms with Crippen LogP contribution in [0.3, 0.4) is 0 Å². The van der Waals surface area contributed by atoms with Crippen LogP contribution in [0, 0.1) is 0 Å². The van der Waals surface area contributed by atoms with Crippen LogP contribution < -0.4 is 0 Å². The van der Waals surface area contributed by atoms with Gasteiger partial charge in [0.2, 0.25) is 0 Å². The van der Waals surface area contributed by atoms with Gasteiger partial charge in [-0.15, -0.1) is 0 Å². The third-order valence-corrected chi connectivity index (χ3v) is 3.97. The van der Waals surface area contributed by atoms with E-state index in [4.69, 9.17) is 23.2 Å². The van der Waals surface area contributed by atoms with E-state index in [0.717, 1.165) is 27.4 Å². The van der Waals surface area contributed by atoms with Crippen molar-refractivity contribution in [1.82, 2.24) is 0 Å². The number of halogens is 3. The minimum atomic E-state index is 0.752. The molecule has 0 aromatic heterocycles. The van der Waals surface area contributed by atoms with Gasteiger partial charge in [0.1, 0.15) is 0 Å². The highest BCUT2D eigenvalue weighted by molar-refractivity contribution is 9.08. The maximum Gasteiger partial charge on any atom is 0.0450 e. The van der Waals surface area contributed by atoms with E-state index in [0.29, 0.717) is 0 Å². The average Bonchev–Trinajstić information content (AvgIpc) is 2.28. The molecule has 0 aliphatic rings. The summed E-state index contributed by atoms with van der Waals surface area (Å²) >= 11 is 15.8. The van der Waals surface area contributed by atoms with Crippen molar-refractivity contribution < 1.29 is 0 Å². The quantitative estimate of drug-likeness (QED) is 0.444. The fourth-order valence-electron chi connectivity index (χ4n) is 1.67. The van der Waals surface area contributed by atoms with Gasteiger partial charge >= 0.3 is 0 Å². The summed E-state index contributed by atoms with van der Waals surface area (Å²) in [5.41, 5.74) is 2.23. The molecule has 0 unspecified atom stereocenters. The Morgan fingerprint density at radius 3 is 2.25 bits per heavy atom. The molecule has 1 aromatic carbocycles. The first kappa shape index (κ1) is 14.3. The summed E-state index contributed by atoms with van der Waals surface area (Å²) in [6.45, 7) is 2.22. The normalized spacial score (nSPS) is 10.8. The van der Waals surface area contributed by atoms with Gasteiger partial charge in [0.15, 0.2) is 0 Å². The van der Waals surface area contributed by atoms with Crippen molar-refractivity contribution in [2.45, 2.75) is 44.4 Å². The molecule has 1 aromatic rings.